The smallest absolute Gasteiger partial charge is 0.385 e. The Hall–Kier alpha value is -1.19. The van der Waals surface area contributed by atoms with Crippen molar-refractivity contribution in [1.29, 1.82) is 0 Å². The zero-order valence-corrected chi connectivity index (χ0v) is 9.65. The first kappa shape index (κ1) is 12.9. The van der Waals surface area contributed by atoms with Gasteiger partial charge in [-0.3, -0.25) is 0 Å². The summed E-state index contributed by atoms with van der Waals surface area (Å²) in [7, 11) is 0. The van der Waals surface area contributed by atoms with E-state index in [1.54, 1.807) is 13.0 Å². The van der Waals surface area contributed by atoms with Gasteiger partial charge in [0.15, 0.2) is 0 Å². The van der Waals surface area contributed by atoms with Crippen LogP contribution in [0.4, 0.5) is 18.9 Å². The minimum Gasteiger partial charge on any atom is -0.385 e. The Morgan fingerprint density at radius 2 is 1.81 bits per heavy atom. The van der Waals surface area contributed by atoms with Gasteiger partial charge in [0.1, 0.15) is 0 Å². The van der Waals surface area contributed by atoms with Crippen LogP contribution in [0, 0.1) is 12.8 Å². The Bertz CT molecular complexity index is 356. The third-order valence-electron chi connectivity index (χ3n) is 2.12. The average Bonchev–Trinajstić information content (AvgIpc) is 2.12. The normalized spacial score (nSPS) is 11.9. The molecule has 0 saturated heterocycles. The van der Waals surface area contributed by atoms with E-state index in [2.05, 4.69) is 5.32 Å². The van der Waals surface area contributed by atoms with E-state index in [-0.39, 0.29) is 0 Å². The molecule has 0 heterocycles. The fourth-order valence-corrected chi connectivity index (χ4v) is 1.37. The number of anilines is 1. The number of alkyl halides is 3. The van der Waals surface area contributed by atoms with Crippen LogP contribution in [-0.2, 0) is 6.18 Å². The molecule has 1 rings (SSSR count). The van der Waals surface area contributed by atoms with Crippen molar-refractivity contribution in [3.63, 3.8) is 0 Å². The summed E-state index contributed by atoms with van der Waals surface area (Å²) in [6.07, 6.45) is -4.28. The second kappa shape index (κ2) is 4.76. The molecule has 0 fully saturated rings. The molecule has 90 valence electrons. The average molecular weight is 231 g/mol. The first-order chi connectivity index (χ1) is 7.29. The minimum atomic E-state index is -4.28. The van der Waals surface area contributed by atoms with Gasteiger partial charge in [0.25, 0.3) is 0 Å². The zero-order chi connectivity index (χ0) is 12.3. The van der Waals surface area contributed by atoms with Crippen LogP contribution in [0.2, 0.25) is 0 Å². The van der Waals surface area contributed by atoms with Gasteiger partial charge in [-0.05, 0) is 36.6 Å². The van der Waals surface area contributed by atoms with Gasteiger partial charge < -0.3 is 5.32 Å². The second-order valence-corrected chi connectivity index (χ2v) is 4.36. The fraction of sp³-hybridized carbons (Fsp3) is 0.500. The first-order valence-corrected chi connectivity index (χ1v) is 5.22. The molecule has 1 nitrogen and oxygen atoms in total. The lowest BCUT2D eigenvalue weighted by Gasteiger charge is -2.13. The predicted molar refractivity (Wildman–Crippen MR) is 59.5 cm³/mol. The summed E-state index contributed by atoms with van der Waals surface area (Å²) in [6, 6.07) is 4.02. The van der Waals surface area contributed by atoms with Crippen molar-refractivity contribution in [2.75, 3.05) is 11.9 Å². The molecule has 16 heavy (non-hydrogen) atoms. The molecule has 0 radical (unpaired) electrons. The van der Waals surface area contributed by atoms with Crippen molar-refractivity contribution in [1.82, 2.24) is 0 Å². The highest BCUT2D eigenvalue weighted by Gasteiger charge is 2.30. The highest BCUT2D eigenvalue weighted by Crippen LogP contribution is 2.31. The molecular weight excluding hydrogens is 215 g/mol. The molecule has 1 N–H and O–H groups in total. The van der Waals surface area contributed by atoms with Crippen molar-refractivity contribution in [2.24, 2.45) is 5.92 Å². The van der Waals surface area contributed by atoms with Gasteiger partial charge in [-0.15, -0.1) is 0 Å². The van der Waals surface area contributed by atoms with E-state index in [1.165, 1.54) is 0 Å². The van der Waals surface area contributed by atoms with Crippen LogP contribution < -0.4 is 5.32 Å². The molecule has 0 aliphatic carbocycles. The van der Waals surface area contributed by atoms with E-state index in [0.29, 0.717) is 23.7 Å². The molecule has 1 aromatic rings. The number of aryl methyl sites for hydroxylation is 1. The molecule has 0 aromatic heterocycles. The molecular formula is C12H16F3N. The molecule has 0 atom stereocenters. The van der Waals surface area contributed by atoms with Crippen molar-refractivity contribution in [3.8, 4) is 0 Å². The zero-order valence-electron chi connectivity index (χ0n) is 9.65. The summed E-state index contributed by atoms with van der Waals surface area (Å²) in [5.41, 5.74) is 0.542. The lowest BCUT2D eigenvalue weighted by atomic mass is 10.1. The maximum atomic E-state index is 12.5. The van der Waals surface area contributed by atoms with Crippen LogP contribution in [0.5, 0.6) is 0 Å². The van der Waals surface area contributed by atoms with Crippen molar-refractivity contribution in [3.05, 3.63) is 29.3 Å². The molecule has 0 saturated carbocycles. The molecule has 0 unspecified atom stereocenters. The van der Waals surface area contributed by atoms with Gasteiger partial charge in [-0.2, -0.15) is 13.2 Å². The number of rotatable bonds is 3. The van der Waals surface area contributed by atoms with Gasteiger partial charge in [-0.25, -0.2) is 0 Å². The monoisotopic (exact) mass is 231 g/mol. The fourth-order valence-electron chi connectivity index (χ4n) is 1.37. The molecule has 0 bridgehead atoms. The third-order valence-corrected chi connectivity index (χ3v) is 2.12. The van der Waals surface area contributed by atoms with Gasteiger partial charge in [0.2, 0.25) is 0 Å². The summed E-state index contributed by atoms with van der Waals surface area (Å²) in [5, 5.41) is 3.00. The maximum Gasteiger partial charge on any atom is 0.416 e. The van der Waals surface area contributed by atoms with Crippen LogP contribution in [0.15, 0.2) is 18.2 Å². The third kappa shape index (κ3) is 3.76. The van der Waals surface area contributed by atoms with Gasteiger partial charge in [-0.1, -0.05) is 13.8 Å². The van der Waals surface area contributed by atoms with Crippen molar-refractivity contribution < 1.29 is 13.2 Å². The topological polar surface area (TPSA) is 12.0 Å². The Morgan fingerprint density at radius 3 is 2.31 bits per heavy atom. The maximum absolute atomic E-state index is 12.5. The van der Waals surface area contributed by atoms with Crippen LogP contribution in [0.3, 0.4) is 0 Å². The van der Waals surface area contributed by atoms with Gasteiger partial charge >= 0.3 is 6.18 Å². The standard InChI is InChI=1S/C12H16F3N/c1-8(2)7-16-11-5-9(3)4-10(6-11)12(13,14)15/h4-6,8,16H,7H2,1-3H3. The number of hydrogen-bond acceptors (Lipinski definition) is 1. The van der Waals surface area contributed by atoms with Gasteiger partial charge in [0, 0.05) is 12.2 Å². The van der Waals surface area contributed by atoms with Crippen molar-refractivity contribution in [2.45, 2.75) is 26.9 Å². The number of nitrogens with one attached hydrogen (secondary N) is 1. The van der Waals surface area contributed by atoms with Crippen LogP contribution in [0.1, 0.15) is 25.0 Å². The summed E-state index contributed by atoms with van der Waals surface area (Å²) >= 11 is 0. The second-order valence-electron chi connectivity index (χ2n) is 4.36. The van der Waals surface area contributed by atoms with E-state index in [4.69, 9.17) is 0 Å². The largest absolute Gasteiger partial charge is 0.416 e. The molecule has 4 heteroatoms. The van der Waals surface area contributed by atoms with E-state index in [9.17, 15) is 13.2 Å². The molecule has 0 spiro atoms. The van der Waals surface area contributed by atoms with E-state index in [0.717, 1.165) is 12.1 Å². The van der Waals surface area contributed by atoms with Crippen LogP contribution in [0.25, 0.3) is 0 Å². The Morgan fingerprint density at radius 1 is 1.19 bits per heavy atom. The van der Waals surface area contributed by atoms with Crippen LogP contribution >= 0.6 is 0 Å². The Balaban J connectivity index is 2.90. The Labute approximate surface area is 93.7 Å². The molecule has 0 aliphatic heterocycles. The quantitative estimate of drug-likeness (QED) is 0.826. The number of hydrogen-bond donors (Lipinski definition) is 1. The summed E-state index contributed by atoms with van der Waals surface area (Å²) in [4.78, 5) is 0. The predicted octanol–water partition coefficient (Wildman–Crippen LogP) is 4.08. The SMILES string of the molecule is Cc1cc(NCC(C)C)cc(C(F)(F)F)c1. The molecule has 0 aliphatic rings. The van der Waals surface area contributed by atoms with Crippen molar-refractivity contribution >= 4 is 5.69 Å². The number of halogens is 3. The lowest BCUT2D eigenvalue weighted by Crippen LogP contribution is -2.10. The summed E-state index contributed by atoms with van der Waals surface area (Å²) in [6.45, 7) is 6.34. The molecule has 0 amide bonds. The highest BCUT2D eigenvalue weighted by molar-refractivity contribution is 5.49. The van der Waals surface area contributed by atoms with E-state index in [1.807, 2.05) is 13.8 Å². The Kier molecular flexibility index (Phi) is 3.83. The van der Waals surface area contributed by atoms with Crippen LogP contribution in [-0.4, -0.2) is 6.54 Å². The van der Waals surface area contributed by atoms with E-state index < -0.39 is 11.7 Å². The highest BCUT2D eigenvalue weighted by atomic mass is 19.4. The minimum absolute atomic E-state index is 0.398. The van der Waals surface area contributed by atoms with Gasteiger partial charge in [0.05, 0.1) is 5.56 Å². The van der Waals surface area contributed by atoms with E-state index >= 15 is 0 Å². The summed E-state index contributed by atoms with van der Waals surface area (Å²) < 4.78 is 37.6. The number of benzene rings is 1. The first-order valence-electron chi connectivity index (χ1n) is 5.22. The summed E-state index contributed by atoms with van der Waals surface area (Å²) in [5.74, 6) is 0.398. The lowest BCUT2D eigenvalue weighted by molar-refractivity contribution is -0.137. The molecule has 1 aromatic carbocycles.